The van der Waals surface area contributed by atoms with E-state index in [0.717, 1.165) is 24.7 Å². The smallest absolute Gasteiger partial charge is 0.0314 e. The van der Waals surface area contributed by atoms with Crippen molar-refractivity contribution in [2.45, 2.75) is 31.7 Å². The number of aryl methyl sites for hydroxylation is 1. The quantitative estimate of drug-likeness (QED) is 0.550. The van der Waals surface area contributed by atoms with Crippen LogP contribution in [0.15, 0.2) is 24.3 Å². The molecule has 3 N–H and O–H groups in total. The minimum Gasteiger partial charge on any atom is -0.399 e. The summed E-state index contributed by atoms with van der Waals surface area (Å²) in [6, 6.07) is 9.02. The first-order valence-electron chi connectivity index (χ1n) is 5.42. The molecule has 0 aliphatic heterocycles. The van der Waals surface area contributed by atoms with Crippen molar-refractivity contribution in [3.63, 3.8) is 0 Å². The molecule has 0 radical (unpaired) electrons. The molecule has 1 aromatic carbocycles. The van der Waals surface area contributed by atoms with Crippen LogP contribution in [0.4, 0.5) is 5.69 Å². The lowest BCUT2D eigenvalue weighted by molar-refractivity contribution is 0.645. The second kappa shape index (κ2) is 4.47. The lowest BCUT2D eigenvalue weighted by Gasteiger charge is -2.03. The van der Waals surface area contributed by atoms with E-state index in [-0.39, 0.29) is 0 Å². The van der Waals surface area contributed by atoms with Gasteiger partial charge in [0.2, 0.25) is 0 Å². The van der Waals surface area contributed by atoms with E-state index in [9.17, 15) is 0 Å². The topological polar surface area (TPSA) is 38.0 Å². The van der Waals surface area contributed by atoms with E-state index in [1.54, 1.807) is 0 Å². The van der Waals surface area contributed by atoms with Gasteiger partial charge in [-0.15, -0.1) is 0 Å². The van der Waals surface area contributed by atoms with Gasteiger partial charge in [-0.3, -0.25) is 0 Å². The fourth-order valence-corrected chi connectivity index (χ4v) is 1.57. The van der Waals surface area contributed by atoms with Crippen LogP contribution in [-0.2, 0) is 6.42 Å². The zero-order valence-electron chi connectivity index (χ0n) is 8.50. The maximum Gasteiger partial charge on any atom is 0.0314 e. The van der Waals surface area contributed by atoms with Crippen LogP contribution in [0.2, 0.25) is 0 Å². The highest BCUT2D eigenvalue weighted by Crippen LogP contribution is 2.18. The van der Waals surface area contributed by atoms with Crippen LogP contribution >= 0.6 is 0 Å². The highest BCUT2D eigenvalue weighted by molar-refractivity contribution is 5.39. The normalized spacial score (nSPS) is 15.7. The third-order valence-electron chi connectivity index (χ3n) is 2.63. The second-order valence-electron chi connectivity index (χ2n) is 4.07. The monoisotopic (exact) mass is 190 g/mol. The van der Waals surface area contributed by atoms with Crippen LogP contribution in [0.3, 0.4) is 0 Å². The van der Waals surface area contributed by atoms with Gasteiger partial charge in [-0.25, -0.2) is 0 Å². The van der Waals surface area contributed by atoms with Crippen molar-refractivity contribution in [2.75, 3.05) is 12.3 Å². The van der Waals surface area contributed by atoms with Gasteiger partial charge in [-0.1, -0.05) is 12.1 Å². The highest BCUT2D eigenvalue weighted by Gasteiger charge is 2.19. The summed E-state index contributed by atoms with van der Waals surface area (Å²) in [4.78, 5) is 0. The average molecular weight is 190 g/mol. The van der Waals surface area contributed by atoms with Crippen molar-refractivity contribution in [2.24, 2.45) is 0 Å². The van der Waals surface area contributed by atoms with Crippen LogP contribution in [0.1, 0.15) is 24.8 Å². The molecular formula is C12H18N2. The summed E-state index contributed by atoms with van der Waals surface area (Å²) in [5.74, 6) is 0. The Labute approximate surface area is 85.5 Å². The van der Waals surface area contributed by atoms with Gasteiger partial charge in [0.15, 0.2) is 0 Å². The molecule has 0 aromatic heterocycles. The van der Waals surface area contributed by atoms with E-state index in [4.69, 9.17) is 5.73 Å². The van der Waals surface area contributed by atoms with Gasteiger partial charge < -0.3 is 11.1 Å². The number of benzene rings is 1. The minimum atomic E-state index is 0.835. The molecule has 0 spiro atoms. The van der Waals surface area contributed by atoms with Crippen LogP contribution in [0.5, 0.6) is 0 Å². The Kier molecular flexibility index (Phi) is 3.04. The number of nitrogen functional groups attached to an aromatic ring is 1. The number of nitrogens with one attached hydrogen (secondary N) is 1. The molecule has 0 atom stereocenters. The number of nitrogens with two attached hydrogens (primary N) is 1. The molecule has 0 unspecified atom stereocenters. The van der Waals surface area contributed by atoms with E-state index < -0.39 is 0 Å². The lowest BCUT2D eigenvalue weighted by Crippen LogP contribution is -2.17. The summed E-state index contributed by atoms with van der Waals surface area (Å²) in [5.41, 5.74) is 7.85. The minimum absolute atomic E-state index is 0.835. The zero-order valence-corrected chi connectivity index (χ0v) is 8.50. The van der Waals surface area contributed by atoms with Crippen LogP contribution in [0, 0.1) is 0 Å². The predicted octanol–water partition coefficient (Wildman–Crippen LogP) is 1.95. The molecule has 0 heterocycles. The first-order valence-corrected chi connectivity index (χ1v) is 5.42. The third kappa shape index (κ3) is 3.04. The summed E-state index contributed by atoms with van der Waals surface area (Å²) in [5, 5.41) is 3.51. The van der Waals surface area contributed by atoms with E-state index in [0.29, 0.717) is 0 Å². The Balaban J connectivity index is 1.66. The van der Waals surface area contributed by atoms with Crippen molar-refractivity contribution in [1.82, 2.24) is 5.32 Å². The number of hydrogen-bond donors (Lipinski definition) is 2. The van der Waals surface area contributed by atoms with Crippen molar-refractivity contribution >= 4 is 5.69 Å². The summed E-state index contributed by atoms with van der Waals surface area (Å²) in [6.07, 6.45) is 5.13. The standard InChI is InChI=1S/C12H18N2/c13-11-5-3-10(4-6-11)2-1-9-14-12-7-8-12/h3-6,12,14H,1-2,7-9,13H2. The van der Waals surface area contributed by atoms with Gasteiger partial charge >= 0.3 is 0 Å². The van der Waals surface area contributed by atoms with Crippen LogP contribution in [0.25, 0.3) is 0 Å². The van der Waals surface area contributed by atoms with Crippen LogP contribution in [-0.4, -0.2) is 12.6 Å². The Morgan fingerprint density at radius 1 is 1.21 bits per heavy atom. The molecule has 76 valence electrons. The Morgan fingerprint density at radius 3 is 2.57 bits per heavy atom. The maximum atomic E-state index is 5.62. The molecule has 0 bridgehead atoms. The summed E-state index contributed by atoms with van der Waals surface area (Å²) in [6.45, 7) is 1.15. The molecule has 1 aromatic rings. The third-order valence-corrected chi connectivity index (χ3v) is 2.63. The van der Waals surface area contributed by atoms with Crippen molar-refractivity contribution in [1.29, 1.82) is 0 Å². The molecule has 0 amide bonds. The fraction of sp³-hybridized carbons (Fsp3) is 0.500. The van der Waals surface area contributed by atoms with E-state index in [2.05, 4.69) is 17.4 Å². The molecule has 2 rings (SSSR count). The molecule has 14 heavy (non-hydrogen) atoms. The van der Waals surface area contributed by atoms with Gasteiger partial charge in [0.1, 0.15) is 0 Å². The summed E-state index contributed by atoms with van der Waals surface area (Å²) in [7, 11) is 0. The molecule has 1 aliphatic rings. The van der Waals surface area contributed by atoms with E-state index in [1.807, 2.05) is 12.1 Å². The van der Waals surface area contributed by atoms with Crippen molar-refractivity contribution in [3.8, 4) is 0 Å². The predicted molar refractivity (Wildman–Crippen MR) is 60.2 cm³/mol. The summed E-state index contributed by atoms with van der Waals surface area (Å²) >= 11 is 0. The second-order valence-corrected chi connectivity index (χ2v) is 4.07. The van der Waals surface area contributed by atoms with Gasteiger partial charge in [-0.05, 0) is 49.9 Å². The fourth-order valence-electron chi connectivity index (χ4n) is 1.57. The molecule has 0 saturated heterocycles. The maximum absolute atomic E-state index is 5.62. The summed E-state index contributed by atoms with van der Waals surface area (Å²) < 4.78 is 0. The Bertz CT molecular complexity index is 275. The van der Waals surface area contributed by atoms with E-state index in [1.165, 1.54) is 24.8 Å². The molecule has 2 heteroatoms. The number of anilines is 1. The number of hydrogen-bond acceptors (Lipinski definition) is 2. The van der Waals surface area contributed by atoms with Crippen molar-refractivity contribution in [3.05, 3.63) is 29.8 Å². The first-order chi connectivity index (χ1) is 6.84. The van der Waals surface area contributed by atoms with Gasteiger partial charge in [0, 0.05) is 11.7 Å². The van der Waals surface area contributed by atoms with Gasteiger partial charge in [0.25, 0.3) is 0 Å². The zero-order chi connectivity index (χ0) is 9.80. The molecule has 1 saturated carbocycles. The van der Waals surface area contributed by atoms with Crippen molar-refractivity contribution < 1.29 is 0 Å². The SMILES string of the molecule is Nc1ccc(CCCNC2CC2)cc1. The number of rotatable bonds is 5. The highest BCUT2D eigenvalue weighted by atomic mass is 14.9. The van der Waals surface area contributed by atoms with Crippen LogP contribution < -0.4 is 11.1 Å². The molecule has 1 fully saturated rings. The largest absolute Gasteiger partial charge is 0.399 e. The molecule has 1 aliphatic carbocycles. The lowest BCUT2D eigenvalue weighted by atomic mass is 10.1. The molecular weight excluding hydrogens is 172 g/mol. The Hall–Kier alpha value is -1.02. The first kappa shape index (κ1) is 9.53. The average Bonchev–Trinajstić information content (AvgIpc) is 2.99. The van der Waals surface area contributed by atoms with E-state index >= 15 is 0 Å². The molecule has 2 nitrogen and oxygen atoms in total. The van der Waals surface area contributed by atoms with Gasteiger partial charge in [-0.2, -0.15) is 0 Å². The van der Waals surface area contributed by atoms with Gasteiger partial charge in [0.05, 0.1) is 0 Å². The Morgan fingerprint density at radius 2 is 1.93 bits per heavy atom.